The van der Waals surface area contributed by atoms with E-state index in [2.05, 4.69) is 20.4 Å². The van der Waals surface area contributed by atoms with Crippen LogP contribution in [0.3, 0.4) is 0 Å². The molecule has 0 bridgehead atoms. The van der Waals surface area contributed by atoms with Crippen molar-refractivity contribution in [3.05, 3.63) is 36.3 Å². The largest absolute Gasteiger partial charge is 0.497 e. The first-order valence-corrected chi connectivity index (χ1v) is 7.70. The Kier molecular flexibility index (Phi) is 5.42. The van der Waals surface area contributed by atoms with Gasteiger partial charge in [-0.15, -0.1) is 0 Å². The summed E-state index contributed by atoms with van der Waals surface area (Å²) in [5.74, 6) is 1.13. The van der Waals surface area contributed by atoms with Crippen molar-refractivity contribution < 1.29 is 13.2 Å². The molecule has 0 aliphatic heterocycles. The van der Waals surface area contributed by atoms with E-state index in [1.165, 1.54) is 4.31 Å². The van der Waals surface area contributed by atoms with E-state index in [-0.39, 0.29) is 0 Å². The quantitative estimate of drug-likeness (QED) is 0.772. The van der Waals surface area contributed by atoms with Crippen LogP contribution >= 0.6 is 0 Å². The summed E-state index contributed by atoms with van der Waals surface area (Å²) in [5.41, 5.74) is 0.626. The summed E-state index contributed by atoms with van der Waals surface area (Å²) in [6.45, 7) is 7.95. The van der Waals surface area contributed by atoms with Gasteiger partial charge < -0.3 is 4.74 Å². The minimum Gasteiger partial charge on any atom is -0.497 e. The van der Waals surface area contributed by atoms with Crippen molar-refractivity contribution in [2.24, 2.45) is 5.92 Å². The van der Waals surface area contributed by atoms with E-state index in [1.54, 1.807) is 31.4 Å². The molecule has 19 heavy (non-hydrogen) atoms. The van der Waals surface area contributed by atoms with Crippen LogP contribution in [0, 0.1) is 5.92 Å². The Labute approximate surface area is 115 Å². The third-order valence-electron chi connectivity index (χ3n) is 2.79. The second-order valence-corrected chi connectivity index (χ2v) is 6.47. The molecule has 0 amide bonds. The summed E-state index contributed by atoms with van der Waals surface area (Å²) in [6, 6.07) is 6.97. The van der Waals surface area contributed by atoms with Gasteiger partial charge in [0.2, 0.25) is 0 Å². The minimum absolute atomic E-state index is 0.431. The second kappa shape index (κ2) is 6.61. The highest BCUT2D eigenvalue weighted by Gasteiger charge is 2.19. The predicted octanol–water partition coefficient (Wildman–Crippen LogP) is 3.02. The molecule has 1 aromatic rings. The number of anilines is 1. The molecule has 0 saturated heterocycles. The fraction of sp³-hybridized carbons (Fsp3) is 0.429. The van der Waals surface area contributed by atoms with Crippen LogP contribution in [0.2, 0.25) is 0 Å². The summed E-state index contributed by atoms with van der Waals surface area (Å²) >= 11 is 0. The molecule has 0 atom stereocenters. The second-order valence-electron chi connectivity index (χ2n) is 4.66. The fourth-order valence-electron chi connectivity index (χ4n) is 1.62. The molecule has 4 nitrogen and oxygen atoms in total. The van der Waals surface area contributed by atoms with Gasteiger partial charge in [0.1, 0.15) is 5.75 Å². The Hall–Kier alpha value is -1.49. The first-order valence-electron chi connectivity index (χ1n) is 6.20. The van der Waals surface area contributed by atoms with Crippen molar-refractivity contribution in [1.29, 1.82) is 0 Å². The van der Waals surface area contributed by atoms with Crippen molar-refractivity contribution in [2.45, 2.75) is 20.3 Å². The Bertz CT molecular complexity index is 506. The zero-order chi connectivity index (χ0) is 14.5. The molecule has 0 saturated carbocycles. The van der Waals surface area contributed by atoms with Gasteiger partial charge in [0.25, 0.3) is 10.0 Å². The van der Waals surface area contributed by atoms with Crippen LogP contribution in [0.4, 0.5) is 5.69 Å². The zero-order valence-corrected chi connectivity index (χ0v) is 12.5. The maximum Gasteiger partial charge on any atom is 0.256 e. The molecule has 0 fully saturated rings. The fourth-order valence-corrected chi connectivity index (χ4v) is 2.57. The molecule has 106 valence electrons. The Balaban J connectivity index is 3.04. The van der Waals surface area contributed by atoms with Crippen LogP contribution in [0.15, 0.2) is 36.3 Å². The summed E-state index contributed by atoms with van der Waals surface area (Å²) in [7, 11) is -1.90. The highest BCUT2D eigenvalue weighted by atomic mass is 32.2. The summed E-state index contributed by atoms with van der Waals surface area (Å²) in [5, 5.41) is 0.984. The van der Waals surface area contributed by atoms with Gasteiger partial charge in [-0.25, -0.2) is 8.42 Å². The monoisotopic (exact) mass is 283 g/mol. The Morgan fingerprint density at radius 2 is 1.89 bits per heavy atom. The molecule has 0 N–H and O–H groups in total. The molecule has 1 aromatic carbocycles. The standard InChI is InChI=1S/C14H21NO3S/c1-5-19(16,17)15(11-10-12(2)3)13-6-8-14(18-4)9-7-13/h5-9,12H,1,10-11H2,2-4H3. The van der Waals surface area contributed by atoms with Gasteiger partial charge in [-0.05, 0) is 36.6 Å². The molecule has 0 unspecified atom stereocenters. The van der Waals surface area contributed by atoms with Crippen LogP contribution in [-0.2, 0) is 10.0 Å². The average molecular weight is 283 g/mol. The molecule has 0 radical (unpaired) electrons. The molecule has 0 spiro atoms. The highest BCUT2D eigenvalue weighted by Crippen LogP contribution is 2.23. The SMILES string of the molecule is C=CS(=O)(=O)N(CCC(C)C)c1ccc(OC)cc1. The van der Waals surface area contributed by atoms with E-state index >= 15 is 0 Å². The van der Waals surface area contributed by atoms with Crippen LogP contribution in [0.5, 0.6) is 5.75 Å². The molecule has 0 aromatic heterocycles. The molecule has 0 aliphatic rings. The Morgan fingerprint density at radius 3 is 2.32 bits per heavy atom. The number of hydrogen-bond acceptors (Lipinski definition) is 3. The van der Waals surface area contributed by atoms with Crippen LogP contribution in [0.25, 0.3) is 0 Å². The van der Waals surface area contributed by atoms with E-state index < -0.39 is 10.0 Å². The summed E-state index contributed by atoms with van der Waals surface area (Å²) in [4.78, 5) is 0. The van der Waals surface area contributed by atoms with Gasteiger partial charge in [0.15, 0.2) is 0 Å². The van der Waals surface area contributed by atoms with Crippen molar-refractivity contribution in [3.63, 3.8) is 0 Å². The normalized spacial score (nSPS) is 11.4. The maximum absolute atomic E-state index is 12.0. The number of methoxy groups -OCH3 is 1. The highest BCUT2D eigenvalue weighted by molar-refractivity contribution is 7.95. The van der Waals surface area contributed by atoms with E-state index in [1.807, 2.05) is 0 Å². The van der Waals surface area contributed by atoms with Crippen molar-refractivity contribution in [3.8, 4) is 5.75 Å². The minimum atomic E-state index is -3.47. The van der Waals surface area contributed by atoms with Gasteiger partial charge in [-0.1, -0.05) is 20.4 Å². The first kappa shape index (κ1) is 15.6. The van der Waals surface area contributed by atoms with E-state index in [0.29, 0.717) is 23.9 Å². The molecule has 1 rings (SSSR count). The van der Waals surface area contributed by atoms with Crippen LogP contribution in [-0.4, -0.2) is 22.1 Å². The smallest absolute Gasteiger partial charge is 0.256 e. The van der Waals surface area contributed by atoms with Gasteiger partial charge in [0.05, 0.1) is 12.8 Å². The summed E-state index contributed by atoms with van der Waals surface area (Å²) in [6.07, 6.45) is 0.791. The number of nitrogens with zero attached hydrogens (tertiary/aromatic N) is 1. The lowest BCUT2D eigenvalue weighted by Crippen LogP contribution is -2.30. The summed E-state index contributed by atoms with van der Waals surface area (Å²) < 4.78 is 30.5. The number of benzene rings is 1. The van der Waals surface area contributed by atoms with Gasteiger partial charge in [0, 0.05) is 12.0 Å². The molecule has 0 heterocycles. The Morgan fingerprint density at radius 1 is 1.32 bits per heavy atom. The van der Waals surface area contributed by atoms with Crippen molar-refractivity contribution in [2.75, 3.05) is 18.0 Å². The van der Waals surface area contributed by atoms with Crippen molar-refractivity contribution >= 4 is 15.7 Å². The maximum atomic E-state index is 12.0. The number of sulfonamides is 1. The van der Waals surface area contributed by atoms with E-state index in [9.17, 15) is 8.42 Å². The van der Waals surface area contributed by atoms with Gasteiger partial charge in [-0.2, -0.15) is 0 Å². The first-order chi connectivity index (χ1) is 8.90. The molecule has 5 heteroatoms. The third-order valence-corrected chi connectivity index (χ3v) is 4.22. The zero-order valence-electron chi connectivity index (χ0n) is 11.7. The lowest BCUT2D eigenvalue weighted by atomic mass is 10.1. The number of ether oxygens (including phenoxy) is 1. The lowest BCUT2D eigenvalue weighted by molar-refractivity contribution is 0.415. The third kappa shape index (κ3) is 4.28. The van der Waals surface area contributed by atoms with Crippen molar-refractivity contribution in [1.82, 2.24) is 0 Å². The van der Waals surface area contributed by atoms with E-state index in [0.717, 1.165) is 11.8 Å². The molecular weight excluding hydrogens is 262 g/mol. The molecular formula is C14H21NO3S. The van der Waals surface area contributed by atoms with Crippen LogP contribution < -0.4 is 9.04 Å². The van der Waals surface area contributed by atoms with Gasteiger partial charge in [-0.3, -0.25) is 4.31 Å². The van der Waals surface area contributed by atoms with E-state index in [4.69, 9.17) is 4.74 Å². The lowest BCUT2D eigenvalue weighted by Gasteiger charge is -2.23. The van der Waals surface area contributed by atoms with Crippen LogP contribution in [0.1, 0.15) is 20.3 Å². The number of hydrogen-bond donors (Lipinski definition) is 0. The average Bonchev–Trinajstić information content (AvgIpc) is 2.39. The predicted molar refractivity (Wildman–Crippen MR) is 78.9 cm³/mol. The van der Waals surface area contributed by atoms with Gasteiger partial charge >= 0.3 is 0 Å². The topological polar surface area (TPSA) is 46.6 Å². The molecule has 0 aliphatic carbocycles. The number of rotatable bonds is 7.